The Labute approximate surface area is 123 Å². The molecule has 10 heteroatoms. The Morgan fingerprint density at radius 1 is 1.50 bits per heavy atom. The molecule has 0 spiro atoms. The maximum absolute atomic E-state index is 11.5. The third kappa shape index (κ3) is 1.89. The van der Waals surface area contributed by atoms with Crippen molar-refractivity contribution in [1.29, 1.82) is 0 Å². The van der Waals surface area contributed by atoms with E-state index in [2.05, 4.69) is 15.0 Å². The number of hydrogen-bond donors (Lipinski definition) is 3. The molecule has 2 aromatic heterocycles. The van der Waals surface area contributed by atoms with Crippen molar-refractivity contribution in [3.63, 3.8) is 0 Å². The van der Waals surface area contributed by atoms with Crippen LogP contribution < -0.4 is 5.73 Å². The van der Waals surface area contributed by atoms with Gasteiger partial charge in [-0.25, -0.2) is 15.0 Å². The molecule has 4 atom stereocenters. The lowest BCUT2D eigenvalue weighted by Gasteiger charge is -2.27. The minimum absolute atomic E-state index is 0.0402. The van der Waals surface area contributed by atoms with E-state index in [1.165, 1.54) is 24.1 Å². The van der Waals surface area contributed by atoms with Gasteiger partial charge in [-0.05, 0) is 6.92 Å². The van der Waals surface area contributed by atoms with E-state index in [1.54, 1.807) is 0 Å². The first-order chi connectivity index (χ1) is 10.4. The Morgan fingerprint density at radius 3 is 2.91 bits per heavy atom. The fraction of sp³-hybridized carbons (Fsp3) is 0.417. The van der Waals surface area contributed by atoms with Gasteiger partial charge in [-0.3, -0.25) is 14.2 Å². The third-order valence-corrected chi connectivity index (χ3v) is 3.70. The second-order valence-electron chi connectivity index (χ2n) is 5.18. The maximum atomic E-state index is 11.5. The minimum Gasteiger partial charge on any atom is -0.387 e. The fourth-order valence-electron chi connectivity index (χ4n) is 2.48. The maximum Gasteiger partial charge on any atom is 0.226 e. The predicted octanol–water partition coefficient (Wildman–Crippen LogP) is -1.81. The predicted molar refractivity (Wildman–Crippen MR) is 71.3 cm³/mol. The van der Waals surface area contributed by atoms with Gasteiger partial charge in [0.1, 0.15) is 23.5 Å². The number of hydrogen-bond acceptors (Lipinski definition) is 9. The van der Waals surface area contributed by atoms with Gasteiger partial charge in [-0.2, -0.15) is 0 Å². The number of rotatable bonds is 3. The molecule has 1 fully saturated rings. The molecular formula is C12H13N5O5. The number of carbonyl (C=O) groups excluding carboxylic acids is 2. The van der Waals surface area contributed by atoms with Gasteiger partial charge in [0, 0.05) is 0 Å². The Bertz CT molecular complexity index is 757. The Morgan fingerprint density at radius 2 is 2.23 bits per heavy atom. The van der Waals surface area contributed by atoms with Crippen molar-refractivity contribution in [1.82, 2.24) is 19.5 Å². The van der Waals surface area contributed by atoms with Crippen LogP contribution in [0.2, 0.25) is 0 Å². The monoisotopic (exact) mass is 307 g/mol. The van der Waals surface area contributed by atoms with E-state index in [-0.39, 0.29) is 17.8 Å². The Hall–Kier alpha value is -2.43. The number of fused-ring (bicyclic) bond motifs is 1. The van der Waals surface area contributed by atoms with Crippen molar-refractivity contribution in [2.45, 2.75) is 31.0 Å². The highest BCUT2D eigenvalue weighted by atomic mass is 16.6. The molecule has 0 radical (unpaired) electrons. The first-order valence-corrected chi connectivity index (χ1v) is 6.36. The van der Waals surface area contributed by atoms with Crippen molar-refractivity contribution < 1.29 is 24.5 Å². The second kappa shape index (κ2) is 4.80. The van der Waals surface area contributed by atoms with Crippen LogP contribution in [0.1, 0.15) is 13.2 Å². The van der Waals surface area contributed by atoms with Gasteiger partial charge in [0.15, 0.2) is 30.1 Å². The minimum atomic E-state index is -1.84. The summed E-state index contributed by atoms with van der Waals surface area (Å²) in [4.78, 5) is 34.0. The van der Waals surface area contributed by atoms with E-state index in [4.69, 9.17) is 10.5 Å². The Balaban J connectivity index is 2.08. The average Bonchev–Trinajstić information content (AvgIpc) is 3.00. The summed E-state index contributed by atoms with van der Waals surface area (Å²) in [5.74, 6) is -0.823. The van der Waals surface area contributed by atoms with Crippen molar-refractivity contribution >= 4 is 29.1 Å². The summed E-state index contributed by atoms with van der Waals surface area (Å²) < 4.78 is 6.70. The smallest absolute Gasteiger partial charge is 0.226 e. The number of ketones is 1. The number of aliphatic hydroxyl groups is 2. The summed E-state index contributed by atoms with van der Waals surface area (Å²) in [5, 5.41) is 20.5. The van der Waals surface area contributed by atoms with Gasteiger partial charge in [0.25, 0.3) is 0 Å². The topological polar surface area (TPSA) is 153 Å². The first-order valence-electron chi connectivity index (χ1n) is 6.36. The molecule has 0 aliphatic carbocycles. The number of nitrogen functional groups attached to an aromatic ring is 1. The summed E-state index contributed by atoms with van der Waals surface area (Å²) >= 11 is 0. The van der Waals surface area contributed by atoms with Gasteiger partial charge in [0.05, 0.1) is 6.33 Å². The normalized spacial score (nSPS) is 31.5. The number of aldehydes is 1. The molecule has 3 heterocycles. The molecule has 4 N–H and O–H groups in total. The van der Waals surface area contributed by atoms with Gasteiger partial charge < -0.3 is 20.7 Å². The molecule has 2 aromatic rings. The van der Waals surface area contributed by atoms with E-state index in [1.807, 2.05) is 0 Å². The molecule has 1 aliphatic heterocycles. The molecule has 1 aliphatic rings. The molecule has 0 saturated carbocycles. The first kappa shape index (κ1) is 14.5. The summed E-state index contributed by atoms with van der Waals surface area (Å²) in [6, 6.07) is 0. The SMILES string of the molecule is C[C@@]1(O)[C@H](O)[C@@H](C(=O)C=O)O[C@H]1n1cnc2c(N)ncnc21. The summed E-state index contributed by atoms with van der Waals surface area (Å²) in [5.41, 5.74) is 4.40. The number of anilines is 1. The molecular weight excluding hydrogens is 294 g/mol. The number of aromatic nitrogens is 4. The standard InChI is InChI=1S/C12H13N5O5/c1-12(21)8(20)7(5(19)2-18)22-11(12)17-4-16-6-9(13)14-3-15-10(6)17/h2-4,7-8,11,20-21H,1H3,(H2,13,14,15)/t7-,8-,11-,12-/m1/s1. The molecule has 1 saturated heterocycles. The second-order valence-corrected chi connectivity index (χ2v) is 5.18. The zero-order chi connectivity index (χ0) is 16.1. The van der Waals surface area contributed by atoms with Crippen molar-refractivity contribution in [2.75, 3.05) is 5.73 Å². The van der Waals surface area contributed by atoms with Crippen LogP contribution in [-0.2, 0) is 14.3 Å². The largest absolute Gasteiger partial charge is 0.387 e. The van der Waals surface area contributed by atoms with Crippen LogP contribution in [0.25, 0.3) is 11.2 Å². The number of Topliss-reactive ketones (excluding diaryl/α,β-unsaturated/α-hetero) is 1. The van der Waals surface area contributed by atoms with E-state index in [9.17, 15) is 19.8 Å². The van der Waals surface area contributed by atoms with Crippen molar-refractivity contribution in [3.05, 3.63) is 12.7 Å². The van der Waals surface area contributed by atoms with E-state index < -0.39 is 29.8 Å². The molecule has 0 bridgehead atoms. The zero-order valence-corrected chi connectivity index (χ0v) is 11.4. The highest BCUT2D eigenvalue weighted by Crippen LogP contribution is 2.39. The van der Waals surface area contributed by atoms with Gasteiger partial charge in [0.2, 0.25) is 5.78 Å². The number of aliphatic hydroxyl groups excluding tert-OH is 1. The quantitative estimate of drug-likeness (QED) is 0.439. The highest BCUT2D eigenvalue weighted by molar-refractivity contribution is 6.27. The molecule has 0 unspecified atom stereocenters. The van der Waals surface area contributed by atoms with E-state index in [0.29, 0.717) is 5.52 Å². The lowest BCUT2D eigenvalue weighted by Crippen LogP contribution is -2.45. The summed E-state index contributed by atoms with van der Waals surface area (Å²) in [6.07, 6.45) is -1.66. The zero-order valence-electron chi connectivity index (χ0n) is 11.4. The van der Waals surface area contributed by atoms with Crippen LogP contribution in [0.4, 0.5) is 5.82 Å². The lowest BCUT2D eigenvalue weighted by atomic mass is 9.95. The van der Waals surface area contributed by atoms with Crippen LogP contribution in [0.3, 0.4) is 0 Å². The van der Waals surface area contributed by atoms with Crippen LogP contribution >= 0.6 is 0 Å². The van der Waals surface area contributed by atoms with Gasteiger partial charge in [-0.1, -0.05) is 0 Å². The van der Waals surface area contributed by atoms with Crippen molar-refractivity contribution in [2.24, 2.45) is 0 Å². The summed E-state index contributed by atoms with van der Waals surface area (Å²) in [7, 11) is 0. The molecule has 116 valence electrons. The summed E-state index contributed by atoms with van der Waals surface area (Å²) in [6.45, 7) is 1.29. The van der Waals surface area contributed by atoms with Crippen LogP contribution in [0, 0.1) is 0 Å². The Kier molecular flexibility index (Phi) is 3.16. The number of nitrogens with zero attached hydrogens (tertiary/aromatic N) is 4. The number of imidazole rings is 1. The van der Waals surface area contributed by atoms with Crippen LogP contribution in [-0.4, -0.2) is 59.6 Å². The third-order valence-electron chi connectivity index (χ3n) is 3.70. The van der Waals surface area contributed by atoms with E-state index >= 15 is 0 Å². The fourth-order valence-corrected chi connectivity index (χ4v) is 2.48. The van der Waals surface area contributed by atoms with Gasteiger partial charge >= 0.3 is 0 Å². The van der Waals surface area contributed by atoms with Crippen molar-refractivity contribution in [3.8, 4) is 0 Å². The number of ether oxygens (including phenoxy) is 1. The average molecular weight is 307 g/mol. The number of carbonyl (C=O) groups is 2. The molecule has 22 heavy (non-hydrogen) atoms. The highest BCUT2D eigenvalue weighted by Gasteiger charge is 2.55. The lowest BCUT2D eigenvalue weighted by molar-refractivity contribution is -0.141. The van der Waals surface area contributed by atoms with Crippen LogP contribution in [0.5, 0.6) is 0 Å². The molecule has 0 amide bonds. The molecule has 10 nitrogen and oxygen atoms in total. The molecule has 0 aromatic carbocycles. The van der Waals surface area contributed by atoms with Gasteiger partial charge in [-0.15, -0.1) is 0 Å². The van der Waals surface area contributed by atoms with E-state index in [0.717, 1.165) is 0 Å². The number of nitrogens with two attached hydrogens (primary N) is 1. The molecule has 3 rings (SSSR count). The van der Waals surface area contributed by atoms with Crippen LogP contribution in [0.15, 0.2) is 12.7 Å².